The van der Waals surface area contributed by atoms with Gasteiger partial charge in [0, 0.05) is 42.1 Å². The molecule has 2 heterocycles. The molecule has 0 bridgehead atoms. The van der Waals surface area contributed by atoms with Crippen LogP contribution in [0.2, 0.25) is 0 Å². The summed E-state index contributed by atoms with van der Waals surface area (Å²) in [6.45, 7) is 3.85. The van der Waals surface area contributed by atoms with E-state index in [1.807, 2.05) is 24.3 Å². The van der Waals surface area contributed by atoms with E-state index in [4.69, 9.17) is 9.26 Å². The summed E-state index contributed by atoms with van der Waals surface area (Å²) in [7, 11) is 1.63. The van der Waals surface area contributed by atoms with Crippen LogP contribution in [0.3, 0.4) is 0 Å². The molecule has 2 atom stereocenters. The zero-order chi connectivity index (χ0) is 24.9. The minimum atomic E-state index is -0.297. The van der Waals surface area contributed by atoms with E-state index in [1.54, 1.807) is 25.3 Å². The maximum atomic E-state index is 13.5. The number of nitrogens with zero attached hydrogens (tertiary/aromatic N) is 2. The first-order chi connectivity index (χ1) is 17.6. The second-order valence-corrected chi connectivity index (χ2v) is 10.1. The van der Waals surface area contributed by atoms with Gasteiger partial charge in [-0.1, -0.05) is 29.8 Å². The molecule has 36 heavy (non-hydrogen) atoms. The Kier molecular flexibility index (Phi) is 7.66. The molecule has 6 nitrogen and oxygen atoms in total. The van der Waals surface area contributed by atoms with Crippen molar-refractivity contribution in [1.29, 1.82) is 0 Å². The van der Waals surface area contributed by atoms with Crippen LogP contribution in [-0.2, 0) is 4.79 Å². The maximum Gasteiger partial charge on any atom is 0.244 e. The van der Waals surface area contributed by atoms with E-state index in [0.717, 1.165) is 61.4 Å². The molecule has 3 aromatic rings. The number of para-hydroxylation sites is 1. The number of carbonyl (C=O) groups excluding carboxylic acids is 1. The highest BCUT2D eigenvalue weighted by molar-refractivity contribution is 5.92. The third-order valence-electron chi connectivity index (χ3n) is 7.84. The predicted molar refractivity (Wildman–Crippen MR) is 138 cm³/mol. The summed E-state index contributed by atoms with van der Waals surface area (Å²) in [6, 6.07) is 12.3. The van der Waals surface area contributed by atoms with Crippen molar-refractivity contribution in [1.82, 2.24) is 15.4 Å². The SMILES string of the molecule is COc1ccccc1/C=C/C(=O)NC[C@H]1CCC[C@@H]1CN1CCC(c2noc3cc(F)ccc23)CC1. The third kappa shape index (κ3) is 5.62. The molecule has 2 aliphatic rings. The molecular weight excluding hydrogens is 457 g/mol. The Bertz CT molecular complexity index is 1220. The largest absolute Gasteiger partial charge is 0.496 e. The molecular formula is C29H34FN3O3. The number of amides is 1. The van der Waals surface area contributed by atoms with Gasteiger partial charge in [-0.2, -0.15) is 0 Å². The smallest absolute Gasteiger partial charge is 0.244 e. The van der Waals surface area contributed by atoms with Gasteiger partial charge in [0.15, 0.2) is 5.58 Å². The van der Waals surface area contributed by atoms with E-state index in [2.05, 4.69) is 15.4 Å². The van der Waals surface area contributed by atoms with Crippen LogP contribution in [-0.4, -0.2) is 49.3 Å². The number of hydrogen-bond acceptors (Lipinski definition) is 5. The van der Waals surface area contributed by atoms with E-state index < -0.39 is 0 Å². The van der Waals surface area contributed by atoms with E-state index in [1.165, 1.54) is 31.4 Å². The van der Waals surface area contributed by atoms with Crippen molar-refractivity contribution >= 4 is 23.0 Å². The van der Waals surface area contributed by atoms with Gasteiger partial charge in [0.05, 0.1) is 12.8 Å². The van der Waals surface area contributed by atoms with Crippen LogP contribution in [0.25, 0.3) is 17.0 Å². The van der Waals surface area contributed by atoms with Gasteiger partial charge in [-0.25, -0.2) is 4.39 Å². The maximum absolute atomic E-state index is 13.5. The van der Waals surface area contributed by atoms with E-state index in [0.29, 0.717) is 23.3 Å². The summed E-state index contributed by atoms with van der Waals surface area (Å²) < 4.78 is 24.2. The summed E-state index contributed by atoms with van der Waals surface area (Å²) in [5, 5.41) is 8.32. The van der Waals surface area contributed by atoms with Crippen molar-refractivity contribution in [3.63, 3.8) is 0 Å². The number of likely N-dealkylation sites (tertiary alicyclic amines) is 1. The number of carbonyl (C=O) groups is 1. The van der Waals surface area contributed by atoms with Crippen molar-refractivity contribution in [2.75, 3.05) is 33.3 Å². The molecule has 0 radical (unpaired) electrons. The lowest BCUT2D eigenvalue weighted by Gasteiger charge is -2.34. The van der Waals surface area contributed by atoms with E-state index in [9.17, 15) is 9.18 Å². The quantitative estimate of drug-likeness (QED) is 0.427. The third-order valence-corrected chi connectivity index (χ3v) is 7.84. The number of aromatic nitrogens is 1. The minimum absolute atomic E-state index is 0.0629. The van der Waals surface area contributed by atoms with Crippen LogP contribution >= 0.6 is 0 Å². The number of benzene rings is 2. The lowest BCUT2D eigenvalue weighted by molar-refractivity contribution is -0.116. The summed E-state index contributed by atoms with van der Waals surface area (Å²) in [6.07, 6.45) is 9.06. The summed E-state index contributed by atoms with van der Waals surface area (Å²) >= 11 is 0. The van der Waals surface area contributed by atoms with Gasteiger partial charge < -0.3 is 19.5 Å². The van der Waals surface area contributed by atoms with Crippen LogP contribution in [0.15, 0.2) is 53.1 Å². The second kappa shape index (κ2) is 11.2. The lowest BCUT2D eigenvalue weighted by Crippen LogP contribution is -2.39. The van der Waals surface area contributed by atoms with Crippen LogP contribution in [0.1, 0.15) is 49.3 Å². The molecule has 1 amide bonds. The van der Waals surface area contributed by atoms with Gasteiger partial charge in [-0.15, -0.1) is 0 Å². The van der Waals surface area contributed by atoms with Gasteiger partial charge in [0.25, 0.3) is 0 Å². The Morgan fingerprint density at radius 1 is 1.17 bits per heavy atom. The number of rotatable bonds is 8. The van der Waals surface area contributed by atoms with Crippen molar-refractivity contribution in [3.05, 3.63) is 65.6 Å². The van der Waals surface area contributed by atoms with Gasteiger partial charge in [0.1, 0.15) is 11.6 Å². The van der Waals surface area contributed by atoms with Crippen molar-refractivity contribution in [2.24, 2.45) is 11.8 Å². The lowest BCUT2D eigenvalue weighted by atomic mass is 9.89. The number of methoxy groups -OCH3 is 1. The zero-order valence-electron chi connectivity index (χ0n) is 20.8. The average molecular weight is 492 g/mol. The van der Waals surface area contributed by atoms with Crippen LogP contribution < -0.4 is 10.1 Å². The molecule has 1 saturated carbocycles. The van der Waals surface area contributed by atoms with Crippen molar-refractivity contribution < 1.29 is 18.4 Å². The first kappa shape index (κ1) is 24.5. The number of hydrogen-bond donors (Lipinski definition) is 1. The van der Waals surface area contributed by atoms with Gasteiger partial charge in [-0.3, -0.25) is 4.79 Å². The van der Waals surface area contributed by atoms with Gasteiger partial charge in [-0.05, 0) is 74.9 Å². The molecule has 2 aromatic carbocycles. The molecule has 0 spiro atoms. The predicted octanol–water partition coefficient (Wildman–Crippen LogP) is 5.40. The van der Waals surface area contributed by atoms with Crippen molar-refractivity contribution in [3.8, 4) is 5.75 Å². The van der Waals surface area contributed by atoms with E-state index in [-0.39, 0.29) is 11.7 Å². The topological polar surface area (TPSA) is 67.6 Å². The number of ether oxygens (including phenoxy) is 1. The zero-order valence-corrected chi connectivity index (χ0v) is 20.8. The highest BCUT2D eigenvalue weighted by atomic mass is 19.1. The Hall–Kier alpha value is -3.19. The van der Waals surface area contributed by atoms with Crippen LogP contribution in [0, 0.1) is 17.7 Å². The molecule has 1 N–H and O–H groups in total. The fourth-order valence-corrected chi connectivity index (χ4v) is 5.83. The molecule has 190 valence electrons. The van der Waals surface area contributed by atoms with Crippen molar-refractivity contribution in [2.45, 2.75) is 38.0 Å². The highest BCUT2D eigenvalue weighted by Crippen LogP contribution is 2.36. The Morgan fingerprint density at radius 2 is 1.97 bits per heavy atom. The Balaban J connectivity index is 1.10. The van der Waals surface area contributed by atoms with Gasteiger partial charge >= 0.3 is 0 Å². The summed E-state index contributed by atoms with van der Waals surface area (Å²) in [5.41, 5.74) is 2.39. The van der Waals surface area contributed by atoms with E-state index >= 15 is 0 Å². The Morgan fingerprint density at radius 3 is 2.81 bits per heavy atom. The molecule has 2 fully saturated rings. The summed E-state index contributed by atoms with van der Waals surface area (Å²) in [5.74, 6) is 1.87. The fraction of sp³-hybridized carbons (Fsp3) is 0.448. The van der Waals surface area contributed by atoms with Crippen LogP contribution in [0.4, 0.5) is 4.39 Å². The first-order valence-electron chi connectivity index (χ1n) is 13.0. The molecule has 1 aliphatic heterocycles. The number of fused-ring (bicyclic) bond motifs is 1. The minimum Gasteiger partial charge on any atom is -0.496 e. The monoisotopic (exact) mass is 491 g/mol. The molecule has 7 heteroatoms. The highest BCUT2D eigenvalue weighted by Gasteiger charge is 2.31. The number of piperidine rings is 1. The Labute approximate surface area is 211 Å². The average Bonchev–Trinajstić information content (AvgIpc) is 3.53. The molecule has 5 rings (SSSR count). The molecule has 1 aromatic heterocycles. The van der Waals surface area contributed by atoms with Crippen LogP contribution in [0.5, 0.6) is 5.75 Å². The number of halogens is 1. The normalized spacial score (nSPS) is 21.4. The molecule has 1 aliphatic carbocycles. The second-order valence-electron chi connectivity index (χ2n) is 10.1. The molecule has 1 saturated heterocycles. The summed E-state index contributed by atoms with van der Waals surface area (Å²) in [4.78, 5) is 15.0. The molecule has 0 unspecified atom stereocenters. The standard InChI is InChI=1S/C29H34FN3O3/c1-35-26-8-3-2-5-20(26)9-12-28(34)31-18-22-6-4-7-23(22)19-33-15-13-21(14-16-33)29-25-11-10-24(30)17-27(25)36-32-29/h2-3,5,8-12,17,21-23H,4,6-7,13-16,18-19H2,1H3,(H,31,34)/b12-9+/t22-,23-/m1/s1. The van der Waals surface area contributed by atoms with Gasteiger partial charge in [0.2, 0.25) is 5.91 Å². The number of nitrogens with one attached hydrogen (secondary N) is 1. The fourth-order valence-electron chi connectivity index (χ4n) is 5.83. The first-order valence-corrected chi connectivity index (χ1v) is 13.0.